The van der Waals surface area contributed by atoms with Crippen LogP contribution >= 0.6 is 0 Å². The van der Waals surface area contributed by atoms with Crippen LogP contribution in [0.2, 0.25) is 0 Å². The van der Waals surface area contributed by atoms with E-state index in [4.69, 9.17) is 0 Å². The van der Waals surface area contributed by atoms with E-state index in [1.54, 1.807) is 6.07 Å². The van der Waals surface area contributed by atoms with E-state index in [0.717, 1.165) is 18.7 Å². The van der Waals surface area contributed by atoms with Gasteiger partial charge in [-0.15, -0.1) is 0 Å². The van der Waals surface area contributed by atoms with Gasteiger partial charge in [0.1, 0.15) is 5.82 Å². The summed E-state index contributed by atoms with van der Waals surface area (Å²) in [4.78, 5) is 2.07. The number of nitrogens with zero attached hydrogens (tertiary/aromatic N) is 1. The van der Waals surface area contributed by atoms with Crippen LogP contribution in [0.15, 0.2) is 18.2 Å². The van der Waals surface area contributed by atoms with E-state index < -0.39 is 5.60 Å². The zero-order valence-electron chi connectivity index (χ0n) is 11.9. The fourth-order valence-electron chi connectivity index (χ4n) is 2.48. The molecule has 2 rings (SSSR count). The highest BCUT2D eigenvalue weighted by atomic mass is 19.1. The summed E-state index contributed by atoms with van der Waals surface area (Å²) >= 11 is 0. The van der Waals surface area contributed by atoms with Crippen LogP contribution in [0, 0.1) is 5.82 Å². The van der Waals surface area contributed by atoms with Crippen molar-refractivity contribution in [2.24, 2.45) is 0 Å². The summed E-state index contributed by atoms with van der Waals surface area (Å²) in [6, 6.07) is 5.47. The highest BCUT2D eigenvalue weighted by molar-refractivity contribution is 5.55. The molecule has 4 heteroatoms. The van der Waals surface area contributed by atoms with E-state index in [1.807, 2.05) is 26.8 Å². The molecule has 0 aliphatic carbocycles. The lowest BCUT2D eigenvalue weighted by Crippen LogP contribution is -2.31. The summed E-state index contributed by atoms with van der Waals surface area (Å²) in [5, 5.41) is 13.3. The zero-order valence-corrected chi connectivity index (χ0v) is 11.9. The van der Waals surface area contributed by atoms with Crippen molar-refractivity contribution in [2.75, 3.05) is 18.0 Å². The first-order valence-electron chi connectivity index (χ1n) is 6.87. The first kappa shape index (κ1) is 14.3. The first-order valence-corrected chi connectivity index (χ1v) is 6.87. The SMILES string of the molecule is CC(C)NCc1c(F)cccc1N1CCC(C)(O)C1. The average Bonchev–Trinajstić information content (AvgIpc) is 2.67. The van der Waals surface area contributed by atoms with E-state index >= 15 is 0 Å². The lowest BCUT2D eigenvalue weighted by atomic mass is 10.1. The molecule has 3 nitrogen and oxygen atoms in total. The zero-order chi connectivity index (χ0) is 14.0. The lowest BCUT2D eigenvalue weighted by molar-refractivity contribution is 0.0839. The monoisotopic (exact) mass is 266 g/mol. The molecule has 1 aliphatic heterocycles. The molecule has 1 fully saturated rings. The number of β-amino-alcohol motifs (C(OH)–C–C–N with tert-alkyl or cyclic N) is 1. The maximum Gasteiger partial charge on any atom is 0.129 e. The molecule has 1 unspecified atom stereocenters. The first-order chi connectivity index (χ1) is 8.89. The van der Waals surface area contributed by atoms with E-state index in [1.165, 1.54) is 6.07 Å². The molecule has 0 spiro atoms. The van der Waals surface area contributed by atoms with Gasteiger partial charge in [-0.3, -0.25) is 0 Å². The Labute approximate surface area is 114 Å². The highest BCUT2D eigenvalue weighted by Crippen LogP contribution is 2.30. The van der Waals surface area contributed by atoms with E-state index in [0.29, 0.717) is 24.7 Å². The Bertz CT molecular complexity index is 446. The van der Waals surface area contributed by atoms with Crippen molar-refractivity contribution in [3.8, 4) is 0 Å². The molecule has 0 bridgehead atoms. The smallest absolute Gasteiger partial charge is 0.129 e. The van der Waals surface area contributed by atoms with Crippen LogP contribution in [0.3, 0.4) is 0 Å². The van der Waals surface area contributed by atoms with Gasteiger partial charge in [-0.05, 0) is 25.5 Å². The molecule has 0 radical (unpaired) electrons. The number of benzene rings is 1. The highest BCUT2D eigenvalue weighted by Gasteiger charge is 2.32. The van der Waals surface area contributed by atoms with Gasteiger partial charge in [-0.1, -0.05) is 19.9 Å². The lowest BCUT2D eigenvalue weighted by Gasteiger charge is -2.24. The van der Waals surface area contributed by atoms with Crippen molar-refractivity contribution in [3.63, 3.8) is 0 Å². The minimum atomic E-state index is -0.672. The van der Waals surface area contributed by atoms with Crippen LogP contribution in [-0.4, -0.2) is 29.8 Å². The predicted molar refractivity (Wildman–Crippen MR) is 75.8 cm³/mol. The van der Waals surface area contributed by atoms with Crippen LogP contribution in [0.5, 0.6) is 0 Å². The van der Waals surface area contributed by atoms with Crippen molar-refractivity contribution < 1.29 is 9.50 Å². The normalized spacial score (nSPS) is 23.4. The van der Waals surface area contributed by atoms with E-state index in [9.17, 15) is 9.50 Å². The molecule has 1 aromatic carbocycles. The number of hydrogen-bond donors (Lipinski definition) is 2. The molecule has 0 saturated carbocycles. The second kappa shape index (κ2) is 5.47. The van der Waals surface area contributed by atoms with Crippen molar-refractivity contribution in [2.45, 2.75) is 45.4 Å². The van der Waals surface area contributed by atoms with Crippen LogP contribution in [-0.2, 0) is 6.54 Å². The van der Waals surface area contributed by atoms with Gasteiger partial charge in [-0.25, -0.2) is 4.39 Å². The molecule has 1 atom stereocenters. The van der Waals surface area contributed by atoms with Crippen LogP contribution < -0.4 is 10.2 Å². The Balaban J connectivity index is 2.22. The molecular formula is C15H23FN2O. The van der Waals surface area contributed by atoms with Gasteiger partial charge < -0.3 is 15.3 Å². The van der Waals surface area contributed by atoms with Crippen LogP contribution in [0.4, 0.5) is 10.1 Å². The fourth-order valence-corrected chi connectivity index (χ4v) is 2.48. The minimum absolute atomic E-state index is 0.183. The number of aliphatic hydroxyl groups is 1. The molecule has 2 N–H and O–H groups in total. The Hall–Kier alpha value is -1.13. The third-order valence-corrected chi connectivity index (χ3v) is 3.57. The fraction of sp³-hybridized carbons (Fsp3) is 0.600. The Morgan fingerprint density at radius 3 is 2.79 bits per heavy atom. The summed E-state index contributed by atoms with van der Waals surface area (Å²) in [5.41, 5.74) is 0.912. The summed E-state index contributed by atoms with van der Waals surface area (Å²) in [6.07, 6.45) is 0.723. The molecule has 106 valence electrons. The number of hydrogen-bond acceptors (Lipinski definition) is 3. The largest absolute Gasteiger partial charge is 0.388 e. The summed E-state index contributed by atoms with van der Waals surface area (Å²) in [7, 11) is 0. The summed E-state index contributed by atoms with van der Waals surface area (Å²) in [6.45, 7) is 7.76. The predicted octanol–water partition coefficient (Wildman–Crippen LogP) is 2.28. The van der Waals surface area contributed by atoms with Gasteiger partial charge in [0.25, 0.3) is 0 Å². The molecule has 0 aromatic heterocycles. The maximum absolute atomic E-state index is 14.0. The van der Waals surface area contributed by atoms with Crippen LogP contribution in [0.25, 0.3) is 0 Å². The molecule has 1 aliphatic rings. The van der Waals surface area contributed by atoms with E-state index in [2.05, 4.69) is 10.2 Å². The van der Waals surface area contributed by atoms with Crippen molar-refractivity contribution in [3.05, 3.63) is 29.6 Å². The van der Waals surface area contributed by atoms with Crippen molar-refractivity contribution in [1.82, 2.24) is 5.32 Å². The number of rotatable bonds is 4. The van der Waals surface area contributed by atoms with Gasteiger partial charge in [-0.2, -0.15) is 0 Å². The molecule has 1 saturated heterocycles. The van der Waals surface area contributed by atoms with Gasteiger partial charge >= 0.3 is 0 Å². The third-order valence-electron chi connectivity index (χ3n) is 3.57. The Kier molecular flexibility index (Phi) is 4.11. The summed E-state index contributed by atoms with van der Waals surface area (Å²) < 4.78 is 14.0. The number of anilines is 1. The molecule has 1 aromatic rings. The third kappa shape index (κ3) is 3.45. The standard InChI is InChI=1S/C15H23FN2O/c1-11(2)17-9-12-13(16)5-4-6-14(12)18-8-7-15(3,19)10-18/h4-6,11,17,19H,7-10H2,1-3H3. The van der Waals surface area contributed by atoms with Gasteiger partial charge in [0.2, 0.25) is 0 Å². The van der Waals surface area contributed by atoms with Crippen molar-refractivity contribution >= 4 is 5.69 Å². The second-order valence-electron chi connectivity index (χ2n) is 5.94. The molecule has 19 heavy (non-hydrogen) atoms. The topological polar surface area (TPSA) is 35.5 Å². The number of nitrogens with one attached hydrogen (secondary N) is 1. The molecule has 1 heterocycles. The van der Waals surface area contributed by atoms with Crippen molar-refractivity contribution in [1.29, 1.82) is 0 Å². The summed E-state index contributed by atoms with van der Waals surface area (Å²) in [5.74, 6) is -0.183. The second-order valence-corrected chi connectivity index (χ2v) is 5.94. The van der Waals surface area contributed by atoms with Crippen LogP contribution in [0.1, 0.15) is 32.8 Å². The minimum Gasteiger partial charge on any atom is -0.388 e. The molecular weight excluding hydrogens is 243 g/mol. The molecule has 0 amide bonds. The Morgan fingerprint density at radius 1 is 1.47 bits per heavy atom. The maximum atomic E-state index is 14.0. The Morgan fingerprint density at radius 2 is 2.21 bits per heavy atom. The number of halogens is 1. The van der Waals surface area contributed by atoms with E-state index in [-0.39, 0.29) is 5.82 Å². The van der Waals surface area contributed by atoms with Gasteiger partial charge in [0.15, 0.2) is 0 Å². The quantitative estimate of drug-likeness (QED) is 0.877. The van der Waals surface area contributed by atoms with Gasteiger partial charge in [0, 0.05) is 36.9 Å². The van der Waals surface area contributed by atoms with Gasteiger partial charge in [0.05, 0.1) is 5.60 Å². The average molecular weight is 266 g/mol.